The molecule has 170 valence electrons. The highest BCUT2D eigenvalue weighted by Gasteiger charge is 2.30. The van der Waals surface area contributed by atoms with E-state index < -0.39 is 60.2 Å². The lowest BCUT2D eigenvalue weighted by Crippen LogP contribution is -2.58. The molecule has 31 heavy (non-hydrogen) atoms. The molecule has 4 unspecified atom stereocenters. The second-order valence-corrected chi connectivity index (χ2v) is 7.21. The van der Waals surface area contributed by atoms with Gasteiger partial charge in [0.1, 0.15) is 18.1 Å². The first-order chi connectivity index (χ1) is 14.5. The van der Waals surface area contributed by atoms with Gasteiger partial charge >= 0.3 is 5.97 Å². The molecule has 0 spiro atoms. The second kappa shape index (κ2) is 12.5. The first-order valence-electron chi connectivity index (χ1n) is 9.37. The van der Waals surface area contributed by atoms with Gasteiger partial charge in [0.15, 0.2) is 0 Å². The predicted octanol–water partition coefficient (Wildman–Crippen LogP) is -2.08. The Hall–Kier alpha value is -3.12. The Morgan fingerprint density at radius 3 is 2.03 bits per heavy atom. The van der Waals surface area contributed by atoms with Crippen LogP contribution in [0, 0.1) is 0 Å². The molecule has 0 aliphatic heterocycles. The van der Waals surface area contributed by atoms with E-state index in [4.69, 9.17) is 16.6 Å². The number of rotatable bonds is 12. The first-order valence-corrected chi connectivity index (χ1v) is 10.0. The molecule has 8 N–H and O–H groups in total. The summed E-state index contributed by atoms with van der Waals surface area (Å²) < 4.78 is 0. The minimum absolute atomic E-state index is 0.00284. The van der Waals surface area contributed by atoms with Gasteiger partial charge in [-0.05, 0) is 12.5 Å². The van der Waals surface area contributed by atoms with Crippen LogP contribution in [-0.2, 0) is 30.4 Å². The van der Waals surface area contributed by atoms with Gasteiger partial charge in [-0.15, -0.1) is 0 Å². The van der Waals surface area contributed by atoms with Crippen molar-refractivity contribution in [1.82, 2.24) is 16.0 Å². The number of nitrogens with two attached hydrogens (primary N) is 2. The third-order valence-electron chi connectivity index (χ3n) is 4.22. The van der Waals surface area contributed by atoms with Crippen LogP contribution >= 0.6 is 12.6 Å². The molecular formula is C19H27N5O6S. The van der Waals surface area contributed by atoms with Crippen LogP contribution < -0.4 is 27.4 Å². The SMILES string of the molecule is CC(NC(=O)C(Cc1ccccc1)NC(=O)C(CC(N)=O)NC(=O)C(N)CS)C(=O)O. The molecule has 0 aromatic heterocycles. The zero-order valence-electron chi connectivity index (χ0n) is 16.9. The van der Waals surface area contributed by atoms with Crippen molar-refractivity contribution in [3.63, 3.8) is 0 Å². The quantitative estimate of drug-likeness (QED) is 0.176. The Labute approximate surface area is 184 Å². The number of amides is 4. The molecule has 0 aliphatic rings. The number of carboxylic acids is 1. The van der Waals surface area contributed by atoms with Crippen molar-refractivity contribution in [3.05, 3.63) is 35.9 Å². The van der Waals surface area contributed by atoms with Crippen molar-refractivity contribution < 1.29 is 29.1 Å². The number of primary amides is 1. The third-order valence-corrected chi connectivity index (χ3v) is 4.61. The maximum absolute atomic E-state index is 12.8. The van der Waals surface area contributed by atoms with E-state index in [0.29, 0.717) is 5.56 Å². The van der Waals surface area contributed by atoms with Crippen molar-refractivity contribution in [2.24, 2.45) is 11.5 Å². The molecule has 11 nitrogen and oxygen atoms in total. The normalized spacial score (nSPS) is 14.4. The summed E-state index contributed by atoms with van der Waals surface area (Å²) in [5.41, 5.74) is 11.4. The van der Waals surface area contributed by atoms with Gasteiger partial charge in [-0.1, -0.05) is 30.3 Å². The predicted molar refractivity (Wildman–Crippen MR) is 115 cm³/mol. The molecule has 0 radical (unpaired) electrons. The summed E-state index contributed by atoms with van der Waals surface area (Å²) in [4.78, 5) is 59.8. The molecule has 12 heteroatoms. The smallest absolute Gasteiger partial charge is 0.325 e. The van der Waals surface area contributed by atoms with Crippen molar-refractivity contribution in [2.45, 2.75) is 43.9 Å². The van der Waals surface area contributed by atoms with Gasteiger partial charge in [0.05, 0.1) is 12.5 Å². The largest absolute Gasteiger partial charge is 0.480 e. The van der Waals surface area contributed by atoms with E-state index in [1.165, 1.54) is 6.92 Å². The summed E-state index contributed by atoms with van der Waals surface area (Å²) in [7, 11) is 0. The molecule has 1 aromatic rings. The lowest BCUT2D eigenvalue weighted by molar-refractivity contribution is -0.142. The molecular weight excluding hydrogens is 426 g/mol. The molecule has 0 heterocycles. The fourth-order valence-electron chi connectivity index (χ4n) is 2.48. The summed E-state index contributed by atoms with van der Waals surface area (Å²) in [6.07, 6.45) is -0.486. The van der Waals surface area contributed by atoms with E-state index in [9.17, 15) is 24.0 Å². The number of nitrogens with one attached hydrogen (secondary N) is 3. The standard InChI is InChI=1S/C19H27N5O6S/c1-10(19(29)30)22-17(27)13(7-11-5-3-2-4-6-11)24-18(28)14(8-15(21)25)23-16(26)12(20)9-31/h2-6,10,12-14,31H,7-9,20H2,1H3,(H2,21,25)(H,22,27)(H,23,26)(H,24,28)(H,29,30). The molecule has 4 atom stereocenters. The number of carbonyl (C=O) groups is 5. The summed E-state index contributed by atoms with van der Waals surface area (Å²) in [6.45, 7) is 1.27. The van der Waals surface area contributed by atoms with Crippen LogP contribution in [0.5, 0.6) is 0 Å². The maximum Gasteiger partial charge on any atom is 0.325 e. The number of carboxylic acid groups (broad SMARTS) is 1. The topological polar surface area (TPSA) is 194 Å². The minimum Gasteiger partial charge on any atom is -0.480 e. The van der Waals surface area contributed by atoms with E-state index in [2.05, 4.69) is 28.6 Å². The van der Waals surface area contributed by atoms with Crippen molar-refractivity contribution in [2.75, 3.05) is 5.75 Å². The number of hydrogen-bond acceptors (Lipinski definition) is 7. The Morgan fingerprint density at radius 2 is 1.52 bits per heavy atom. The molecule has 4 amide bonds. The fraction of sp³-hybridized carbons (Fsp3) is 0.421. The molecule has 0 bridgehead atoms. The van der Waals surface area contributed by atoms with Crippen molar-refractivity contribution >= 4 is 42.2 Å². The highest BCUT2D eigenvalue weighted by Crippen LogP contribution is 2.05. The van der Waals surface area contributed by atoms with E-state index in [1.807, 2.05) is 0 Å². The van der Waals surface area contributed by atoms with Crippen LogP contribution in [-0.4, -0.2) is 64.6 Å². The van der Waals surface area contributed by atoms with E-state index in [-0.39, 0.29) is 12.2 Å². The summed E-state index contributed by atoms with van der Waals surface area (Å²) in [5, 5.41) is 16.1. The molecule has 0 saturated carbocycles. The number of thiol groups is 1. The highest BCUT2D eigenvalue weighted by molar-refractivity contribution is 7.80. The van der Waals surface area contributed by atoms with Gasteiger partial charge in [-0.2, -0.15) is 12.6 Å². The van der Waals surface area contributed by atoms with Gasteiger partial charge in [0.2, 0.25) is 23.6 Å². The van der Waals surface area contributed by atoms with Crippen molar-refractivity contribution in [1.29, 1.82) is 0 Å². The molecule has 1 rings (SSSR count). The van der Waals surface area contributed by atoms with Crippen LogP contribution in [0.1, 0.15) is 18.9 Å². The van der Waals surface area contributed by atoms with Gasteiger partial charge in [-0.3, -0.25) is 24.0 Å². The number of carbonyl (C=O) groups excluding carboxylic acids is 4. The second-order valence-electron chi connectivity index (χ2n) is 6.84. The summed E-state index contributed by atoms with van der Waals surface area (Å²) in [6, 6.07) is 3.92. The van der Waals surface area contributed by atoms with Crippen LogP contribution in [0.2, 0.25) is 0 Å². The van der Waals surface area contributed by atoms with Crippen LogP contribution in [0.3, 0.4) is 0 Å². The van der Waals surface area contributed by atoms with Crippen molar-refractivity contribution in [3.8, 4) is 0 Å². The number of aliphatic carboxylic acids is 1. The lowest BCUT2D eigenvalue weighted by atomic mass is 10.0. The van der Waals surface area contributed by atoms with Gasteiger partial charge < -0.3 is 32.5 Å². The summed E-state index contributed by atoms with van der Waals surface area (Å²) in [5.74, 6) is -4.43. The van der Waals surface area contributed by atoms with Gasteiger partial charge in [-0.25, -0.2) is 0 Å². The monoisotopic (exact) mass is 453 g/mol. The lowest BCUT2D eigenvalue weighted by Gasteiger charge is -2.24. The number of benzene rings is 1. The van der Waals surface area contributed by atoms with Gasteiger partial charge in [0, 0.05) is 12.2 Å². The molecule has 1 aromatic carbocycles. The van der Waals surface area contributed by atoms with E-state index >= 15 is 0 Å². The maximum atomic E-state index is 12.8. The highest BCUT2D eigenvalue weighted by atomic mass is 32.1. The average Bonchev–Trinajstić information content (AvgIpc) is 2.72. The molecule has 0 fully saturated rings. The number of hydrogen-bond donors (Lipinski definition) is 7. The van der Waals surface area contributed by atoms with Crippen LogP contribution in [0.4, 0.5) is 0 Å². The Bertz CT molecular complexity index is 806. The zero-order valence-corrected chi connectivity index (χ0v) is 17.8. The van der Waals surface area contributed by atoms with E-state index in [0.717, 1.165) is 0 Å². The van der Waals surface area contributed by atoms with Crippen LogP contribution in [0.25, 0.3) is 0 Å². The fourth-order valence-corrected chi connectivity index (χ4v) is 2.65. The Balaban J connectivity index is 3.04. The minimum atomic E-state index is -1.38. The Kier molecular flexibility index (Phi) is 10.5. The zero-order chi connectivity index (χ0) is 23.6. The molecule has 0 aliphatic carbocycles. The molecule has 0 saturated heterocycles. The van der Waals surface area contributed by atoms with E-state index in [1.54, 1.807) is 30.3 Å². The average molecular weight is 454 g/mol. The van der Waals surface area contributed by atoms with Gasteiger partial charge in [0.25, 0.3) is 0 Å². The first kappa shape index (κ1) is 25.9. The Morgan fingerprint density at radius 1 is 0.968 bits per heavy atom. The van der Waals surface area contributed by atoms with Crippen LogP contribution in [0.15, 0.2) is 30.3 Å². The third kappa shape index (κ3) is 9.05. The summed E-state index contributed by atoms with van der Waals surface area (Å²) >= 11 is 3.91.